The number of nitrogens with zero attached hydrogens (tertiary/aromatic N) is 2. The van der Waals surface area contributed by atoms with E-state index in [1.807, 2.05) is 0 Å². The van der Waals surface area contributed by atoms with Crippen molar-refractivity contribution < 1.29 is 0 Å². The van der Waals surface area contributed by atoms with Gasteiger partial charge >= 0.3 is 0 Å². The van der Waals surface area contributed by atoms with E-state index in [-0.39, 0.29) is 5.41 Å². The second-order valence-electron chi connectivity index (χ2n) is 21.5. The molecule has 2 nitrogen and oxygen atoms in total. The molecule has 0 spiro atoms. The fraction of sp³-hybridized carbons (Fsp3) is 0.217. The molecule has 8 aromatic carbocycles. The summed E-state index contributed by atoms with van der Waals surface area (Å²) in [6.45, 7) is 22.9. The molecule has 0 atom stereocenters. The van der Waals surface area contributed by atoms with Crippen molar-refractivity contribution in [3.63, 3.8) is 0 Å². The van der Waals surface area contributed by atoms with Gasteiger partial charge in [-0.15, -0.1) is 0 Å². The van der Waals surface area contributed by atoms with Crippen molar-refractivity contribution >= 4 is 50.4 Å². The molecule has 0 saturated carbocycles. The number of hydrogen-bond donors (Lipinski definition) is 0. The van der Waals surface area contributed by atoms with Gasteiger partial charge in [-0.05, 0) is 258 Å². The summed E-state index contributed by atoms with van der Waals surface area (Å²) < 4.78 is 0. The van der Waals surface area contributed by atoms with E-state index < -0.39 is 0 Å². The maximum atomic E-state index is 2.61. The molecule has 12 rings (SSSR count). The lowest BCUT2D eigenvalue weighted by Crippen LogP contribution is -2.23. The van der Waals surface area contributed by atoms with Crippen molar-refractivity contribution in [2.24, 2.45) is 0 Å². The highest BCUT2D eigenvalue weighted by atomic mass is 15.2. The molecule has 0 heterocycles. The maximum absolute atomic E-state index is 2.61. The van der Waals surface area contributed by atoms with Gasteiger partial charge in [0, 0.05) is 39.2 Å². The number of fused-ring (bicyclic) bond motifs is 5. The molecule has 0 amide bonds. The van der Waals surface area contributed by atoms with Crippen LogP contribution in [0.4, 0.5) is 28.4 Å². The Morgan fingerprint density at radius 2 is 1.00 bits per heavy atom. The van der Waals surface area contributed by atoms with Gasteiger partial charge in [-0.1, -0.05) is 111 Å². The van der Waals surface area contributed by atoms with Crippen LogP contribution in [0.1, 0.15) is 101 Å². The molecule has 0 fully saturated rings. The summed E-state index contributed by atoms with van der Waals surface area (Å²) in [5, 5.41) is 2.62. The summed E-state index contributed by atoms with van der Waals surface area (Å²) in [7, 11) is 0. The van der Waals surface area contributed by atoms with Crippen LogP contribution >= 0.6 is 0 Å². The van der Waals surface area contributed by atoms with Gasteiger partial charge in [0.1, 0.15) is 0 Å². The van der Waals surface area contributed by atoms with Gasteiger partial charge in [-0.3, -0.25) is 0 Å². The van der Waals surface area contributed by atoms with Crippen molar-refractivity contribution in [2.75, 3.05) is 9.80 Å². The minimum absolute atomic E-state index is 0.300. The van der Waals surface area contributed by atoms with E-state index in [1.165, 1.54) is 156 Å². The summed E-state index contributed by atoms with van der Waals surface area (Å²) in [6.07, 6.45) is 13.7. The Labute approximate surface area is 422 Å². The number of hydrogen-bond acceptors (Lipinski definition) is 2. The molecule has 0 aromatic heterocycles. The lowest BCUT2D eigenvalue weighted by molar-refractivity contribution is 0.650. The molecule has 71 heavy (non-hydrogen) atoms. The van der Waals surface area contributed by atoms with Gasteiger partial charge < -0.3 is 9.80 Å². The standard InChI is InChI=1S/C69H64N2/c1-41-24-28-51(36-45(41)5)70(52-29-25-42(2)46(6)37-52)55-32-33-56-60(40-55)69(9,10)68-63(50-20-15-12-16-21-50)66-59-34-35-61(71(53-30-26-43(3)47(7)38-53)54-31-27-44(4)48(8)39-54)57-22-17-23-58(64(57)59)65(66)62(67(56)68)49-18-13-11-14-19-49/h11-13,15-18,20-31,34-40H,14,19,32-33H2,1-10H3. The Hall–Kier alpha value is -7.42. The summed E-state index contributed by atoms with van der Waals surface area (Å²) >= 11 is 0. The van der Waals surface area contributed by atoms with E-state index >= 15 is 0 Å². The quantitative estimate of drug-likeness (QED) is 0.150. The van der Waals surface area contributed by atoms with Crippen LogP contribution in [0.15, 0.2) is 169 Å². The zero-order valence-corrected chi connectivity index (χ0v) is 43.2. The first-order valence-corrected chi connectivity index (χ1v) is 25.9. The van der Waals surface area contributed by atoms with E-state index in [0.717, 1.165) is 25.7 Å². The first-order valence-electron chi connectivity index (χ1n) is 25.9. The number of rotatable bonds is 8. The Bertz CT molecular complexity index is 3600. The molecule has 0 unspecified atom stereocenters. The molecule has 2 heteroatoms. The Balaban J connectivity index is 1.14. The van der Waals surface area contributed by atoms with Crippen LogP contribution in [0.25, 0.3) is 55.3 Å². The highest BCUT2D eigenvalue weighted by Crippen LogP contribution is 2.64. The van der Waals surface area contributed by atoms with Crippen molar-refractivity contribution in [3.05, 3.63) is 230 Å². The van der Waals surface area contributed by atoms with Gasteiger partial charge in [0.25, 0.3) is 0 Å². The normalized spacial score (nSPS) is 15.1. The number of benzene rings is 8. The third kappa shape index (κ3) is 7.04. The molecule has 4 aliphatic rings. The van der Waals surface area contributed by atoms with E-state index in [4.69, 9.17) is 0 Å². The van der Waals surface area contributed by atoms with E-state index in [9.17, 15) is 0 Å². The molecular formula is C69H64N2. The molecule has 8 aromatic rings. The number of anilines is 5. The first-order chi connectivity index (χ1) is 34.3. The molecule has 4 aliphatic carbocycles. The van der Waals surface area contributed by atoms with Gasteiger partial charge in [0.05, 0.1) is 5.69 Å². The topological polar surface area (TPSA) is 6.48 Å². The predicted molar refractivity (Wildman–Crippen MR) is 305 cm³/mol. The third-order valence-corrected chi connectivity index (χ3v) is 16.8. The summed E-state index contributed by atoms with van der Waals surface area (Å²) in [5.74, 6) is 0. The van der Waals surface area contributed by atoms with Crippen LogP contribution in [0.2, 0.25) is 0 Å². The fourth-order valence-electron chi connectivity index (χ4n) is 12.5. The molecule has 0 N–H and O–H groups in total. The maximum Gasteiger partial charge on any atom is 0.0540 e. The average Bonchev–Trinajstić information content (AvgIpc) is 3.82. The molecule has 350 valence electrons. The number of allylic oxidation sites excluding steroid dienone is 8. The summed E-state index contributed by atoms with van der Waals surface area (Å²) in [4.78, 5) is 5.06. The zero-order chi connectivity index (χ0) is 49.0. The highest BCUT2D eigenvalue weighted by Gasteiger charge is 2.46. The van der Waals surface area contributed by atoms with Crippen LogP contribution in [-0.2, 0) is 5.41 Å². The monoisotopic (exact) mass is 921 g/mol. The van der Waals surface area contributed by atoms with Gasteiger partial charge in [-0.25, -0.2) is 0 Å². The molecule has 0 saturated heterocycles. The van der Waals surface area contributed by atoms with Gasteiger partial charge in [-0.2, -0.15) is 0 Å². The lowest BCUT2D eigenvalue weighted by atomic mass is 9.72. The van der Waals surface area contributed by atoms with E-state index in [2.05, 4.69) is 237 Å². The minimum atomic E-state index is -0.300. The Morgan fingerprint density at radius 1 is 0.451 bits per heavy atom. The molecule has 0 aliphatic heterocycles. The summed E-state index contributed by atoms with van der Waals surface area (Å²) in [6, 6.07) is 51.3. The van der Waals surface area contributed by atoms with Gasteiger partial charge in [0.2, 0.25) is 0 Å². The average molecular weight is 921 g/mol. The molecule has 0 radical (unpaired) electrons. The van der Waals surface area contributed by atoms with E-state index in [1.54, 1.807) is 0 Å². The second kappa shape index (κ2) is 16.9. The van der Waals surface area contributed by atoms with Crippen LogP contribution in [0.3, 0.4) is 0 Å². The predicted octanol–water partition coefficient (Wildman–Crippen LogP) is 19.4. The summed E-state index contributed by atoms with van der Waals surface area (Å²) in [5.41, 5.74) is 34.4. The van der Waals surface area contributed by atoms with Crippen molar-refractivity contribution in [1.82, 2.24) is 0 Å². The van der Waals surface area contributed by atoms with Crippen LogP contribution in [0, 0.1) is 55.4 Å². The zero-order valence-electron chi connectivity index (χ0n) is 43.2. The van der Waals surface area contributed by atoms with Crippen LogP contribution in [-0.4, -0.2) is 0 Å². The largest absolute Gasteiger partial charge is 0.314 e. The van der Waals surface area contributed by atoms with Crippen molar-refractivity contribution in [2.45, 2.75) is 100 Å². The lowest BCUT2D eigenvalue weighted by Gasteiger charge is -2.33. The second-order valence-corrected chi connectivity index (χ2v) is 21.5. The fourth-order valence-corrected chi connectivity index (χ4v) is 12.5. The number of aryl methyl sites for hydroxylation is 8. The van der Waals surface area contributed by atoms with Crippen LogP contribution in [0.5, 0.6) is 0 Å². The first kappa shape index (κ1) is 44.8. The van der Waals surface area contributed by atoms with Crippen LogP contribution < -0.4 is 9.80 Å². The molecular weight excluding hydrogens is 857 g/mol. The SMILES string of the molecule is Cc1ccc(N(C2=CC3=C(CC2)c2c(C4=CC=CCC4)c4c(c(-c5ccccc5)c2C3(C)C)-c2ccc(N(c3ccc(C)c(C)c3)c3ccc(C)c(C)c3)c3cccc-4c23)c2ccc(C)c(C)c2)cc1C. The smallest absolute Gasteiger partial charge is 0.0540 e. The van der Waals surface area contributed by atoms with E-state index in [0.29, 0.717) is 0 Å². The Kier molecular flexibility index (Phi) is 10.6. The molecule has 0 bridgehead atoms. The third-order valence-electron chi connectivity index (χ3n) is 16.8. The highest BCUT2D eigenvalue weighted by molar-refractivity contribution is 6.24. The van der Waals surface area contributed by atoms with Gasteiger partial charge in [0.15, 0.2) is 0 Å². The van der Waals surface area contributed by atoms with Crippen molar-refractivity contribution in [3.8, 4) is 33.4 Å². The van der Waals surface area contributed by atoms with Crippen molar-refractivity contribution in [1.29, 1.82) is 0 Å². The minimum Gasteiger partial charge on any atom is -0.314 e. The Morgan fingerprint density at radius 3 is 1.55 bits per heavy atom.